The minimum atomic E-state index is -0.389. The Morgan fingerprint density at radius 2 is 2.00 bits per heavy atom. The largest absolute Gasteiger partial charge is 0.323 e. The van der Waals surface area contributed by atoms with Crippen molar-refractivity contribution in [1.82, 2.24) is 4.98 Å². The van der Waals surface area contributed by atoms with E-state index in [1.807, 2.05) is 32.0 Å². The molecule has 0 aliphatic rings. The number of halogens is 1. The molecule has 0 bridgehead atoms. The predicted octanol–water partition coefficient (Wildman–Crippen LogP) is 3.33. The van der Waals surface area contributed by atoms with Gasteiger partial charge >= 0.3 is 0 Å². The van der Waals surface area contributed by atoms with E-state index in [-0.39, 0.29) is 17.8 Å². The molecule has 18 heavy (non-hydrogen) atoms. The summed E-state index contributed by atoms with van der Waals surface area (Å²) in [5, 5.41) is 0. The summed E-state index contributed by atoms with van der Waals surface area (Å²) in [6.45, 7) is 3.90. The average molecular weight is 244 g/mol. The smallest absolute Gasteiger partial charge is 0.128 e. The lowest BCUT2D eigenvalue weighted by Crippen LogP contribution is -2.20. The second-order valence-electron chi connectivity index (χ2n) is 4.59. The second kappa shape index (κ2) is 5.27. The van der Waals surface area contributed by atoms with Crippen LogP contribution in [0.15, 0.2) is 42.6 Å². The fraction of sp³-hybridized carbons (Fsp3) is 0.267. The molecule has 1 heterocycles. The Kier molecular flexibility index (Phi) is 3.72. The third-order valence-corrected chi connectivity index (χ3v) is 3.20. The van der Waals surface area contributed by atoms with E-state index in [9.17, 15) is 4.39 Å². The first-order chi connectivity index (χ1) is 8.59. The summed E-state index contributed by atoms with van der Waals surface area (Å²) < 4.78 is 13.8. The van der Waals surface area contributed by atoms with E-state index in [4.69, 9.17) is 5.73 Å². The summed E-state index contributed by atoms with van der Waals surface area (Å²) in [6.07, 6.45) is 1.73. The van der Waals surface area contributed by atoms with E-state index >= 15 is 0 Å². The first kappa shape index (κ1) is 12.7. The standard InChI is InChI=1S/C15H17FN2/c1-10-6-7-13(16)12(9-10)15(17)11(2)14-5-3-4-8-18-14/h3-9,11,15H,17H2,1-2H3. The predicted molar refractivity (Wildman–Crippen MR) is 70.7 cm³/mol. The highest BCUT2D eigenvalue weighted by Crippen LogP contribution is 2.29. The van der Waals surface area contributed by atoms with Gasteiger partial charge in [-0.2, -0.15) is 0 Å². The summed E-state index contributed by atoms with van der Waals surface area (Å²) in [5.41, 5.74) is 8.60. The maximum absolute atomic E-state index is 13.8. The Morgan fingerprint density at radius 1 is 1.22 bits per heavy atom. The van der Waals surface area contributed by atoms with Crippen molar-refractivity contribution in [1.29, 1.82) is 0 Å². The van der Waals surface area contributed by atoms with Crippen LogP contribution in [0.1, 0.15) is 35.7 Å². The number of hydrogen-bond donors (Lipinski definition) is 1. The number of rotatable bonds is 3. The van der Waals surface area contributed by atoms with E-state index in [2.05, 4.69) is 4.98 Å². The van der Waals surface area contributed by atoms with Gasteiger partial charge in [-0.05, 0) is 25.1 Å². The molecule has 2 unspecified atom stereocenters. The highest BCUT2D eigenvalue weighted by molar-refractivity contribution is 5.29. The molecule has 1 aromatic heterocycles. The summed E-state index contributed by atoms with van der Waals surface area (Å²) >= 11 is 0. The van der Waals surface area contributed by atoms with Gasteiger partial charge in [0.15, 0.2) is 0 Å². The van der Waals surface area contributed by atoms with Gasteiger partial charge in [-0.15, -0.1) is 0 Å². The molecule has 0 amide bonds. The van der Waals surface area contributed by atoms with Gasteiger partial charge in [0.05, 0.1) is 0 Å². The van der Waals surface area contributed by atoms with Crippen molar-refractivity contribution in [3.63, 3.8) is 0 Å². The Balaban J connectivity index is 2.31. The van der Waals surface area contributed by atoms with E-state index in [1.165, 1.54) is 6.07 Å². The highest BCUT2D eigenvalue weighted by Gasteiger charge is 2.20. The SMILES string of the molecule is Cc1ccc(F)c(C(N)C(C)c2ccccn2)c1. The van der Waals surface area contributed by atoms with Crippen LogP contribution in [-0.4, -0.2) is 4.98 Å². The number of benzene rings is 1. The first-order valence-electron chi connectivity index (χ1n) is 6.02. The number of aromatic nitrogens is 1. The van der Waals surface area contributed by atoms with Crippen LogP contribution in [-0.2, 0) is 0 Å². The van der Waals surface area contributed by atoms with Crippen LogP contribution in [0.2, 0.25) is 0 Å². The van der Waals surface area contributed by atoms with Gasteiger partial charge in [0.1, 0.15) is 5.82 Å². The van der Waals surface area contributed by atoms with Crippen molar-refractivity contribution in [2.24, 2.45) is 5.73 Å². The molecule has 2 N–H and O–H groups in total. The molecule has 1 aromatic carbocycles. The molecule has 0 fully saturated rings. The number of nitrogens with two attached hydrogens (primary N) is 1. The minimum absolute atomic E-state index is 0.0255. The van der Waals surface area contributed by atoms with E-state index in [0.29, 0.717) is 5.56 Å². The quantitative estimate of drug-likeness (QED) is 0.899. The molecule has 2 rings (SSSR count). The van der Waals surface area contributed by atoms with E-state index in [1.54, 1.807) is 18.3 Å². The van der Waals surface area contributed by atoms with Crippen molar-refractivity contribution in [2.45, 2.75) is 25.8 Å². The van der Waals surface area contributed by atoms with Gasteiger partial charge in [-0.1, -0.05) is 30.7 Å². The number of hydrogen-bond acceptors (Lipinski definition) is 2. The lowest BCUT2D eigenvalue weighted by atomic mass is 9.91. The first-order valence-corrected chi connectivity index (χ1v) is 6.02. The van der Waals surface area contributed by atoms with Crippen LogP contribution in [0.5, 0.6) is 0 Å². The third-order valence-electron chi connectivity index (χ3n) is 3.20. The van der Waals surface area contributed by atoms with Crippen LogP contribution in [0.25, 0.3) is 0 Å². The monoisotopic (exact) mass is 244 g/mol. The lowest BCUT2D eigenvalue weighted by molar-refractivity contribution is 0.532. The molecule has 0 saturated carbocycles. The maximum atomic E-state index is 13.8. The fourth-order valence-corrected chi connectivity index (χ4v) is 2.02. The average Bonchev–Trinajstić information content (AvgIpc) is 2.41. The topological polar surface area (TPSA) is 38.9 Å². The second-order valence-corrected chi connectivity index (χ2v) is 4.59. The highest BCUT2D eigenvalue weighted by atomic mass is 19.1. The lowest BCUT2D eigenvalue weighted by Gasteiger charge is -2.20. The number of nitrogens with zero attached hydrogens (tertiary/aromatic N) is 1. The van der Waals surface area contributed by atoms with Gasteiger partial charge in [0.2, 0.25) is 0 Å². The maximum Gasteiger partial charge on any atom is 0.128 e. The minimum Gasteiger partial charge on any atom is -0.323 e. The molecule has 2 nitrogen and oxygen atoms in total. The van der Waals surface area contributed by atoms with E-state index < -0.39 is 0 Å². The normalized spacial score (nSPS) is 14.2. The molecule has 2 atom stereocenters. The molecule has 0 aliphatic carbocycles. The van der Waals surface area contributed by atoms with Crippen molar-refractivity contribution in [3.05, 3.63) is 65.2 Å². The van der Waals surface area contributed by atoms with E-state index in [0.717, 1.165) is 11.3 Å². The molecule has 0 radical (unpaired) electrons. The van der Waals surface area contributed by atoms with Crippen LogP contribution >= 0.6 is 0 Å². The van der Waals surface area contributed by atoms with Crippen molar-refractivity contribution >= 4 is 0 Å². The zero-order valence-electron chi connectivity index (χ0n) is 10.6. The van der Waals surface area contributed by atoms with Crippen LogP contribution in [0, 0.1) is 12.7 Å². The number of pyridine rings is 1. The molecule has 0 saturated heterocycles. The van der Waals surface area contributed by atoms with Gasteiger partial charge in [0, 0.05) is 29.4 Å². The summed E-state index contributed by atoms with van der Waals surface area (Å²) in [5.74, 6) is -0.279. The van der Waals surface area contributed by atoms with Crippen LogP contribution < -0.4 is 5.73 Å². The van der Waals surface area contributed by atoms with Gasteiger partial charge in [-0.25, -0.2) is 4.39 Å². The van der Waals surface area contributed by atoms with Crippen molar-refractivity contribution in [2.75, 3.05) is 0 Å². The van der Waals surface area contributed by atoms with Crippen LogP contribution in [0.3, 0.4) is 0 Å². The molecular formula is C15H17FN2. The zero-order valence-corrected chi connectivity index (χ0v) is 10.6. The molecule has 2 aromatic rings. The summed E-state index contributed by atoms with van der Waals surface area (Å²) in [7, 11) is 0. The molecule has 0 spiro atoms. The summed E-state index contributed by atoms with van der Waals surface area (Å²) in [6, 6.07) is 10.3. The van der Waals surface area contributed by atoms with Crippen molar-refractivity contribution in [3.8, 4) is 0 Å². The summed E-state index contributed by atoms with van der Waals surface area (Å²) in [4.78, 5) is 4.27. The Morgan fingerprint density at radius 3 is 2.67 bits per heavy atom. The van der Waals surface area contributed by atoms with Gasteiger partial charge < -0.3 is 5.73 Å². The van der Waals surface area contributed by atoms with Gasteiger partial charge in [-0.3, -0.25) is 4.98 Å². The molecule has 94 valence electrons. The third kappa shape index (κ3) is 2.57. The van der Waals surface area contributed by atoms with Crippen molar-refractivity contribution < 1.29 is 4.39 Å². The van der Waals surface area contributed by atoms with Gasteiger partial charge in [0.25, 0.3) is 0 Å². The Hall–Kier alpha value is -1.74. The Bertz CT molecular complexity index is 525. The molecule has 3 heteroatoms. The number of aryl methyl sites for hydroxylation is 1. The molecule has 0 aliphatic heterocycles. The van der Waals surface area contributed by atoms with Crippen LogP contribution in [0.4, 0.5) is 4.39 Å². The Labute approximate surface area is 107 Å². The fourth-order valence-electron chi connectivity index (χ4n) is 2.02. The molecular weight excluding hydrogens is 227 g/mol. The zero-order chi connectivity index (χ0) is 13.1.